The minimum absolute atomic E-state index is 0.298. The van der Waals surface area contributed by atoms with Crippen LogP contribution in [-0.2, 0) is 9.53 Å². The highest BCUT2D eigenvalue weighted by Crippen LogP contribution is 2.25. The van der Waals surface area contributed by atoms with Crippen molar-refractivity contribution < 1.29 is 19.4 Å². The van der Waals surface area contributed by atoms with Crippen LogP contribution in [0.2, 0.25) is 0 Å². The van der Waals surface area contributed by atoms with Crippen LogP contribution in [0, 0.1) is 13.8 Å². The van der Waals surface area contributed by atoms with Crippen molar-refractivity contribution in [1.29, 1.82) is 0 Å². The van der Waals surface area contributed by atoms with Crippen LogP contribution in [0.25, 0.3) is 0 Å². The summed E-state index contributed by atoms with van der Waals surface area (Å²) in [6.07, 6.45) is 0. The number of H-pyrrole nitrogens is 1. The summed E-state index contributed by atoms with van der Waals surface area (Å²) in [7, 11) is 0. The number of nitrogens with one attached hydrogen (secondary N) is 1. The number of carboxylic acid groups (broad SMARTS) is 1. The van der Waals surface area contributed by atoms with Crippen LogP contribution in [0.4, 0.5) is 0 Å². The first-order valence-electron chi connectivity index (χ1n) is 5.49. The number of hydrogen-bond donors (Lipinski definition) is 2. The van der Waals surface area contributed by atoms with Gasteiger partial charge in [0.05, 0.1) is 18.1 Å². The van der Waals surface area contributed by atoms with Gasteiger partial charge in [0.2, 0.25) is 0 Å². The van der Waals surface area contributed by atoms with Gasteiger partial charge in [-0.05, 0) is 33.3 Å². The lowest BCUT2D eigenvalue weighted by Crippen LogP contribution is -2.10. The highest BCUT2D eigenvalue weighted by molar-refractivity contribution is 5.93. The molecule has 0 radical (unpaired) electrons. The maximum Gasteiger partial charge on any atom is 0.340 e. The summed E-state index contributed by atoms with van der Waals surface area (Å²) in [4.78, 5) is 25.6. The molecular weight excluding hydrogens is 222 g/mol. The van der Waals surface area contributed by atoms with Crippen LogP contribution in [0.5, 0.6) is 0 Å². The third kappa shape index (κ3) is 2.49. The summed E-state index contributed by atoms with van der Waals surface area (Å²) in [5, 5.41) is 8.97. The highest BCUT2D eigenvalue weighted by atomic mass is 16.5. The average Bonchev–Trinajstić information content (AvgIpc) is 2.53. The number of aliphatic carboxylic acids is 1. The van der Waals surface area contributed by atoms with E-state index in [1.807, 2.05) is 0 Å². The zero-order chi connectivity index (χ0) is 13.2. The molecule has 1 rings (SSSR count). The van der Waals surface area contributed by atoms with Crippen LogP contribution in [0.1, 0.15) is 47.1 Å². The van der Waals surface area contributed by atoms with Gasteiger partial charge in [0.15, 0.2) is 0 Å². The van der Waals surface area contributed by atoms with Gasteiger partial charge < -0.3 is 14.8 Å². The molecule has 1 atom stereocenters. The molecule has 0 amide bonds. The van der Waals surface area contributed by atoms with Gasteiger partial charge in [-0.15, -0.1) is 0 Å². The van der Waals surface area contributed by atoms with Crippen molar-refractivity contribution in [2.45, 2.75) is 33.6 Å². The zero-order valence-electron chi connectivity index (χ0n) is 10.5. The Bertz CT molecular complexity index is 448. The molecule has 0 bridgehead atoms. The third-order valence-electron chi connectivity index (χ3n) is 2.76. The topological polar surface area (TPSA) is 79.4 Å². The molecule has 0 fully saturated rings. The Morgan fingerprint density at radius 1 is 1.41 bits per heavy atom. The Hall–Kier alpha value is -1.78. The Balaban J connectivity index is 3.18. The summed E-state index contributed by atoms with van der Waals surface area (Å²) in [6, 6.07) is 0. The summed E-state index contributed by atoms with van der Waals surface area (Å²) in [6.45, 7) is 7.07. The van der Waals surface area contributed by atoms with E-state index in [0.29, 0.717) is 29.1 Å². The van der Waals surface area contributed by atoms with E-state index in [-0.39, 0.29) is 0 Å². The number of carbonyl (C=O) groups is 2. The smallest absolute Gasteiger partial charge is 0.340 e. The van der Waals surface area contributed by atoms with Crippen LogP contribution in [0.15, 0.2) is 0 Å². The quantitative estimate of drug-likeness (QED) is 0.787. The van der Waals surface area contributed by atoms with E-state index in [0.717, 1.165) is 0 Å². The lowest BCUT2D eigenvalue weighted by atomic mass is 10.0. The highest BCUT2D eigenvalue weighted by Gasteiger charge is 2.24. The Labute approximate surface area is 99.8 Å². The molecule has 1 heterocycles. The molecule has 1 aromatic heterocycles. The molecule has 2 N–H and O–H groups in total. The van der Waals surface area contributed by atoms with E-state index in [2.05, 4.69) is 4.98 Å². The maximum atomic E-state index is 11.7. The van der Waals surface area contributed by atoms with Crippen LogP contribution in [0.3, 0.4) is 0 Å². The van der Waals surface area contributed by atoms with E-state index in [4.69, 9.17) is 9.84 Å². The molecule has 0 aliphatic rings. The summed E-state index contributed by atoms with van der Waals surface area (Å²) in [5.41, 5.74) is 2.29. The molecule has 0 aliphatic carbocycles. The normalized spacial score (nSPS) is 12.2. The van der Waals surface area contributed by atoms with Crippen LogP contribution >= 0.6 is 0 Å². The molecule has 0 saturated heterocycles. The van der Waals surface area contributed by atoms with Crippen molar-refractivity contribution >= 4 is 11.9 Å². The predicted octanol–water partition coefficient (Wildman–Crippen LogP) is 2.00. The number of carbonyl (C=O) groups excluding carboxylic acids is 1. The molecular formula is C12H17NO4. The van der Waals surface area contributed by atoms with E-state index in [1.54, 1.807) is 27.7 Å². The second kappa shape index (κ2) is 5.03. The zero-order valence-corrected chi connectivity index (χ0v) is 10.5. The number of rotatable bonds is 4. The predicted molar refractivity (Wildman–Crippen MR) is 62.3 cm³/mol. The van der Waals surface area contributed by atoms with Crippen molar-refractivity contribution in [2.24, 2.45) is 0 Å². The standard InChI is InChI=1S/C12H17NO4/c1-5-17-12(16)9-6(2)10(13-8(9)4)7(3)11(14)15/h7,13H,5H2,1-4H3,(H,14,15). The molecule has 0 saturated carbocycles. The van der Waals surface area contributed by atoms with Crippen molar-refractivity contribution in [3.8, 4) is 0 Å². The first kappa shape index (κ1) is 13.3. The summed E-state index contributed by atoms with van der Waals surface area (Å²) >= 11 is 0. The number of hydrogen-bond acceptors (Lipinski definition) is 3. The number of ether oxygens (including phenoxy) is 1. The number of carboxylic acids is 1. The first-order chi connectivity index (χ1) is 7.90. The SMILES string of the molecule is CCOC(=O)c1c(C)[nH]c(C(C)C(=O)O)c1C. The largest absolute Gasteiger partial charge is 0.481 e. The first-order valence-corrected chi connectivity index (χ1v) is 5.49. The molecule has 1 aromatic rings. The second-order valence-electron chi connectivity index (χ2n) is 3.94. The molecule has 0 aromatic carbocycles. The molecule has 5 nitrogen and oxygen atoms in total. The third-order valence-corrected chi connectivity index (χ3v) is 2.76. The lowest BCUT2D eigenvalue weighted by molar-refractivity contribution is -0.138. The minimum Gasteiger partial charge on any atom is -0.481 e. The monoisotopic (exact) mass is 239 g/mol. The summed E-state index contributed by atoms with van der Waals surface area (Å²) in [5.74, 6) is -2.01. The van der Waals surface area contributed by atoms with Gasteiger partial charge >= 0.3 is 11.9 Å². The van der Waals surface area contributed by atoms with Gasteiger partial charge in [0.25, 0.3) is 0 Å². The van der Waals surface area contributed by atoms with Gasteiger partial charge in [-0.1, -0.05) is 0 Å². The van der Waals surface area contributed by atoms with E-state index in [9.17, 15) is 9.59 Å². The maximum absolute atomic E-state index is 11.7. The molecule has 1 unspecified atom stereocenters. The van der Waals surface area contributed by atoms with Gasteiger partial charge in [-0.2, -0.15) is 0 Å². The Morgan fingerprint density at radius 2 is 2.00 bits per heavy atom. The lowest BCUT2D eigenvalue weighted by Gasteiger charge is -2.06. The number of aromatic amines is 1. The van der Waals surface area contributed by atoms with E-state index < -0.39 is 17.9 Å². The van der Waals surface area contributed by atoms with Crippen molar-refractivity contribution in [3.05, 3.63) is 22.5 Å². The molecule has 0 spiro atoms. The van der Waals surface area contributed by atoms with E-state index in [1.165, 1.54) is 0 Å². The van der Waals surface area contributed by atoms with Gasteiger partial charge in [-0.25, -0.2) is 4.79 Å². The van der Waals surface area contributed by atoms with E-state index >= 15 is 0 Å². The summed E-state index contributed by atoms with van der Waals surface area (Å²) < 4.78 is 4.94. The average molecular weight is 239 g/mol. The number of aryl methyl sites for hydroxylation is 1. The van der Waals surface area contributed by atoms with Gasteiger partial charge in [0, 0.05) is 11.4 Å². The Kier molecular flexibility index (Phi) is 3.93. The molecule has 17 heavy (non-hydrogen) atoms. The Morgan fingerprint density at radius 3 is 2.47 bits per heavy atom. The second-order valence-corrected chi connectivity index (χ2v) is 3.94. The molecule has 0 aliphatic heterocycles. The number of aromatic nitrogens is 1. The van der Waals surface area contributed by atoms with Crippen LogP contribution < -0.4 is 0 Å². The fourth-order valence-corrected chi connectivity index (χ4v) is 1.84. The van der Waals surface area contributed by atoms with Gasteiger partial charge in [0.1, 0.15) is 0 Å². The minimum atomic E-state index is -0.926. The fourth-order valence-electron chi connectivity index (χ4n) is 1.84. The van der Waals surface area contributed by atoms with Crippen molar-refractivity contribution in [1.82, 2.24) is 4.98 Å². The van der Waals surface area contributed by atoms with Gasteiger partial charge in [-0.3, -0.25) is 4.79 Å². The van der Waals surface area contributed by atoms with Crippen LogP contribution in [-0.4, -0.2) is 28.6 Å². The van der Waals surface area contributed by atoms with Crippen molar-refractivity contribution in [3.63, 3.8) is 0 Å². The number of esters is 1. The van der Waals surface area contributed by atoms with Crippen molar-refractivity contribution in [2.75, 3.05) is 6.61 Å². The molecule has 5 heteroatoms. The fraction of sp³-hybridized carbons (Fsp3) is 0.500. The molecule has 94 valence electrons.